The number of hydrogen-bond acceptors (Lipinski definition) is 2. The highest BCUT2D eigenvalue weighted by atomic mass is 35.5. The van der Waals surface area contributed by atoms with Gasteiger partial charge in [-0.15, -0.1) is 0 Å². The number of aromatic nitrogens is 1. The van der Waals surface area contributed by atoms with Crippen LogP contribution in [0.3, 0.4) is 0 Å². The van der Waals surface area contributed by atoms with Crippen LogP contribution in [0.25, 0.3) is 11.1 Å². The molecule has 1 unspecified atom stereocenters. The SMILES string of the molecule is C=CC1Oc2cc(Cl)ccc2-c2ccncc21. The van der Waals surface area contributed by atoms with Gasteiger partial charge in [-0.05, 0) is 35.9 Å². The van der Waals surface area contributed by atoms with E-state index in [9.17, 15) is 0 Å². The van der Waals surface area contributed by atoms with Gasteiger partial charge >= 0.3 is 0 Å². The second kappa shape index (κ2) is 3.90. The Morgan fingerprint density at radius 3 is 3.00 bits per heavy atom. The van der Waals surface area contributed by atoms with Crippen LogP contribution >= 0.6 is 11.6 Å². The molecule has 0 spiro atoms. The quantitative estimate of drug-likeness (QED) is 0.706. The summed E-state index contributed by atoms with van der Waals surface area (Å²) < 4.78 is 5.85. The van der Waals surface area contributed by atoms with E-state index in [2.05, 4.69) is 11.6 Å². The lowest BCUT2D eigenvalue weighted by Gasteiger charge is -2.26. The van der Waals surface area contributed by atoms with Gasteiger partial charge in [0.25, 0.3) is 0 Å². The summed E-state index contributed by atoms with van der Waals surface area (Å²) in [7, 11) is 0. The normalized spacial score (nSPS) is 16.6. The number of hydrogen-bond donors (Lipinski definition) is 0. The Hall–Kier alpha value is -1.80. The zero-order chi connectivity index (χ0) is 11.8. The van der Waals surface area contributed by atoms with Crippen molar-refractivity contribution in [3.63, 3.8) is 0 Å². The van der Waals surface area contributed by atoms with Crippen molar-refractivity contribution in [1.29, 1.82) is 0 Å². The number of rotatable bonds is 1. The van der Waals surface area contributed by atoms with Gasteiger partial charge in [-0.3, -0.25) is 4.98 Å². The first kappa shape index (κ1) is 10.4. The third-order valence-corrected chi connectivity index (χ3v) is 3.10. The van der Waals surface area contributed by atoms with Crippen molar-refractivity contribution < 1.29 is 4.74 Å². The zero-order valence-electron chi connectivity index (χ0n) is 9.06. The minimum absolute atomic E-state index is 0.162. The Morgan fingerprint density at radius 2 is 2.18 bits per heavy atom. The maximum Gasteiger partial charge on any atom is 0.144 e. The molecule has 1 aromatic heterocycles. The maximum absolute atomic E-state index is 5.98. The van der Waals surface area contributed by atoms with Gasteiger partial charge in [0.2, 0.25) is 0 Å². The van der Waals surface area contributed by atoms with Crippen LogP contribution in [-0.4, -0.2) is 4.98 Å². The summed E-state index contributed by atoms with van der Waals surface area (Å²) in [4.78, 5) is 4.13. The molecular weight excluding hydrogens is 234 g/mol. The predicted molar refractivity (Wildman–Crippen MR) is 68.2 cm³/mol. The standard InChI is InChI=1S/C14H10ClNO/c1-2-13-12-8-16-6-5-10(12)11-4-3-9(15)7-14(11)17-13/h2-8,13H,1H2. The van der Waals surface area contributed by atoms with Crippen molar-refractivity contribution in [3.05, 3.63) is 59.9 Å². The van der Waals surface area contributed by atoms with Crippen LogP contribution in [-0.2, 0) is 0 Å². The van der Waals surface area contributed by atoms with Crippen LogP contribution in [0.4, 0.5) is 0 Å². The topological polar surface area (TPSA) is 22.1 Å². The first-order valence-electron chi connectivity index (χ1n) is 5.32. The maximum atomic E-state index is 5.98. The van der Waals surface area contributed by atoms with Gasteiger partial charge in [0.15, 0.2) is 0 Å². The van der Waals surface area contributed by atoms with Crippen LogP contribution in [0.1, 0.15) is 11.7 Å². The second-order valence-corrected chi connectivity index (χ2v) is 4.31. The van der Waals surface area contributed by atoms with Crippen molar-refractivity contribution in [2.75, 3.05) is 0 Å². The average Bonchev–Trinajstić information content (AvgIpc) is 2.37. The Balaban J connectivity index is 2.27. The number of benzene rings is 1. The molecule has 1 aromatic carbocycles. The Kier molecular flexibility index (Phi) is 2.37. The molecule has 1 atom stereocenters. The minimum Gasteiger partial charge on any atom is -0.481 e. The third-order valence-electron chi connectivity index (χ3n) is 2.86. The number of pyridine rings is 1. The second-order valence-electron chi connectivity index (χ2n) is 3.88. The summed E-state index contributed by atoms with van der Waals surface area (Å²) in [5, 5.41) is 0.670. The highest BCUT2D eigenvalue weighted by molar-refractivity contribution is 6.30. The van der Waals surface area contributed by atoms with E-state index < -0.39 is 0 Å². The molecule has 84 valence electrons. The van der Waals surface area contributed by atoms with Gasteiger partial charge in [0, 0.05) is 28.5 Å². The van der Waals surface area contributed by atoms with Crippen molar-refractivity contribution in [2.45, 2.75) is 6.10 Å². The van der Waals surface area contributed by atoms with Gasteiger partial charge in [-0.1, -0.05) is 18.2 Å². The van der Waals surface area contributed by atoms with E-state index in [1.165, 1.54) is 0 Å². The Morgan fingerprint density at radius 1 is 1.29 bits per heavy atom. The molecule has 0 saturated heterocycles. The van der Waals surface area contributed by atoms with Crippen molar-refractivity contribution in [1.82, 2.24) is 4.98 Å². The monoisotopic (exact) mass is 243 g/mol. The highest BCUT2D eigenvalue weighted by Gasteiger charge is 2.23. The lowest BCUT2D eigenvalue weighted by atomic mass is 9.95. The smallest absolute Gasteiger partial charge is 0.144 e. The summed E-state index contributed by atoms with van der Waals surface area (Å²) >= 11 is 5.98. The lowest BCUT2D eigenvalue weighted by molar-refractivity contribution is 0.251. The van der Waals surface area contributed by atoms with E-state index in [4.69, 9.17) is 16.3 Å². The predicted octanol–water partition coefficient (Wildman–Crippen LogP) is 4.02. The van der Waals surface area contributed by atoms with Crippen molar-refractivity contribution in [3.8, 4) is 16.9 Å². The molecule has 1 aliphatic rings. The molecule has 0 radical (unpaired) electrons. The molecule has 3 rings (SSSR count). The molecule has 0 aliphatic carbocycles. The molecule has 0 bridgehead atoms. The fraction of sp³-hybridized carbons (Fsp3) is 0.0714. The van der Waals surface area contributed by atoms with E-state index in [-0.39, 0.29) is 6.10 Å². The molecule has 0 saturated carbocycles. The molecule has 0 fully saturated rings. The zero-order valence-corrected chi connectivity index (χ0v) is 9.82. The largest absolute Gasteiger partial charge is 0.481 e. The molecule has 2 nitrogen and oxygen atoms in total. The number of fused-ring (bicyclic) bond motifs is 3. The van der Waals surface area contributed by atoms with Crippen LogP contribution < -0.4 is 4.74 Å². The van der Waals surface area contributed by atoms with Crippen molar-refractivity contribution in [2.24, 2.45) is 0 Å². The fourth-order valence-electron chi connectivity index (χ4n) is 2.07. The number of nitrogens with zero attached hydrogens (tertiary/aromatic N) is 1. The highest BCUT2D eigenvalue weighted by Crippen LogP contribution is 2.43. The first-order chi connectivity index (χ1) is 8.29. The molecule has 0 amide bonds. The summed E-state index contributed by atoms with van der Waals surface area (Å²) in [6, 6.07) is 7.65. The van der Waals surface area contributed by atoms with Crippen LogP contribution in [0.5, 0.6) is 5.75 Å². The Labute approximate surface area is 105 Å². The van der Waals surface area contributed by atoms with E-state index in [0.29, 0.717) is 5.02 Å². The molecule has 1 aliphatic heterocycles. The molecular formula is C14H10ClNO. The van der Waals surface area contributed by atoms with E-state index in [0.717, 1.165) is 22.4 Å². The number of ether oxygens (including phenoxy) is 1. The average molecular weight is 244 g/mol. The number of halogens is 1. The lowest BCUT2D eigenvalue weighted by Crippen LogP contribution is -2.12. The molecule has 3 heteroatoms. The summed E-state index contributed by atoms with van der Waals surface area (Å²) in [6.07, 6.45) is 5.20. The van der Waals surface area contributed by atoms with Gasteiger partial charge in [0.05, 0.1) is 0 Å². The molecule has 17 heavy (non-hydrogen) atoms. The van der Waals surface area contributed by atoms with Gasteiger partial charge < -0.3 is 4.74 Å². The van der Waals surface area contributed by atoms with Crippen LogP contribution in [0, 0.1) is 0 Å². The van der Waals surface area contributed by atoms with Gasteiger partial charge in [-0.2, -0.15) is 0 Å². The third kappa shape index (κ3) is 1.61. The van der Waals surface area contributed by atoms with E-state index in [1.54, 1.807) is 12.3 Å². The fourth-order valence-corrected chi connectivity index (χ4v) is 2.23. The minimum atomic E-state index is -0.162. The molecule has 2 heterocycles. The summed E-state index contributed by atoms with van der Waals surface area (Å²) in [5.41, 5.74) is 3.21. The van der Waals surface area contributed by atoms with Crippen LogP contribution in [0.15, 0.2) is 49.3 Å². The first-order valence-corrected chi connectivity index (χ1v) is 5.70. The van der Waals surface area contributed by atoms with E-state index in [1.807, 2.05) is 30.5 Å². The van der Waals surface area contributed by atoms with Crippen molar-refractivity contribution >= 4 is 11.6 Å². The van der Waals surface area contributed by atoms with Gasteiger partial charge in [0.1, 0.15) is 11.9 Å². The Bertz CT molecular complexity index is 595. The summed E-state index contributed by atoms with van der Waals surface area (Å²) in [6.45, 7) is 3.79. The molecule has 2 aromatic rings. The molecule has 0 N–H and O–H groups in total. The van der Waals surface area contributed by atoms with Gasteiger partial charge in [-0.25, -0.2) is 0 Å². The van der Waals surface area contributed by atoms with E-state index >= 15 is 0 Å². The summed E-state index contributed by atoms with van der Waals surface area (Å²) in [5.74, 6) is 0.793. The van der Waals surface area contributed by atoms with Crippen LogP contribution in [0.2, 0.25) is 5.02 Å².